The highest BCUT2D eigenvalue weighted by Crippen LogP contribution is 2.01. The van der Waals surface area contributed by atoms with E-state index in [1.807, 2.05) is 0 Å². The topological polar surface area (TPSA) is 89.6 Å². The Hall–Kier alpha value is -1.10. The van der Waals surface area contributed by atoms with E-state index in [2.05, 4.69) is 6.92 Å². The van der Waals surface area contributed by atoms with Crippen molar-refractivity contribution in [2.75, 3.05) is 6.61 Å². The number of rotatable bonds is 9. The third-order valence-corrected chi connectivity index (χ3v) is 2.24. The quantitative estimate of drug-likeness (QED) is 0.461. The maximum Gasteiger partial charge on any atom is 0.320 e. The van der Waals surface area contributed by atoms with Gasteiger partial charge < -0.3 is 15.6 Å². The van der Waals surface area contributed by atoms with Crippen molar-refractivity contribution in [3.63, 3.8) is 0 Å². The Balaban J connectivity index is 3.41. The van der Waals surface area contributed by atoms with Gasteiger partial charge in [-0.25, -0.2) is 0 Å². The van der Waals surface area contributed by atoms with Crippen molar-refractivity contribution >= 4 is 11.9 Å². The summed E-state index contributed by atoms with van der Waals surface area (Å²) < 4.78 is 4.93. The van der Waals surface area contributed by atoms with Crippen molar-refractivity contribution in [3.05, 3.63) is 0 Å². The van der Waals surface area contributed by atoms with Crippen LogP contribution in [0.3, 0.4) is 0 Å². The molecule has 0 aliphatic carbocycles. The zero-order chi connectivity index (χ0) is 12.4. The Morgan fingerprint density at radius 2 is 2.00 bits per heavy atom. The maximum absolute atomic E-state index is 11.1. The molecule has 1 atom stereocenters. The zero-order valence-corrected chi connectivity index (χ0v) is 9.78. The molecule has 0 aromatic heterocycles. The van der Waals surface area contributed by atoms with Crippen LogP contribution in [-0.4, -0.2) is 29.7 Å². The lowest BCUT2D eigenvalue weighted by atomic mass is 10.2. The highest BCUT2D eigenvalue weighted by atomic mass is 16.5. The van der Waals surface area contributed by atoms with Gasteiger partial charge in [0.1, 0.15) is 6.04 Å². The molecule has 5 nitrogen and oxygen atoms in total. The minimum atomic E-state index is -1.09. The lowest BCUT2D eigenvalue weighted by Crippen LogP contribution is -2.30. The molecular formula is C11H21NO4. The van der Waals surface area contributed by atoms with Crippen LogP contribution in [0.25, 0.3) is 0 Å². The number of carboxylic acids is 1. The number of carbonyl (C=O) groups excluding carboxylic acids is 1. The molecule has 0 unspecified atom stereocenters. The molecule has 0 aliphatic heterocycles. The highest BCUT2D eigenvalue weighted by Gasteiger charge is 2.13. The van der Waals surface area contributed by atoms with E-state index in [1.54, 1.807) is 0 Å². The van der Waals surface area contributed by atoms with Gasteiger partial charge in [0.05, 0.1) is 6.61 Å². The zero-order valence-electron chi connectivity index (χ0n) is 9.78. The molecule has 0 saturated carbocycles. The fraction of sp³-hybridized carbons (Fsp3) is 0.818. The maximum atomic E-state index is 11.1. The van der Waals surface area contributed by atoms with Crippen LogP contribution in [0, 0.1) is 0 Å². The fourth-order valence-corrected chi connectivity index (χ4v) is 1.18. The van der Waals surface area contributed by atoms with Gasteiger partial charge in [-0.15, -0.1) is 0 Å². The third kappa shape index (κ3) is 8.23. The normalized spacial score (nSPS) is 12.1. The van der Waals surface area contributed by atoms with E-state index in [0.29, 0.717) is 6.61 Å². The van der Waals surface area contributed by atoms with Crippen LogP contribution in [0.1, 0.15) is 45.4 Å². The first-order valence-electron chi connectivity index (χ1n) is 5.72. The van der Waals surface area contributed by atoms with Gasteiger partial charge in [-0.3, -0.25) is 9.59 Å². The lowest BCUT2D eigenvalue weighted by molar-refractivity contribution is -0.144. The molecule has 0 amide bonds. The summed E-state index contributed by atoms with van der Waals surface area (Å²) in [6, 6.07) is -0.979. The minimum absolute atomic E-state index is 0.0707. The molecule has 0 fully saturated rings. The van der Waals surface area contributed by atoms with Gasteiger partial charge in [0.2, 0.25) is 0 Å². The van der Waals surface area contributed by atoms with Crippen LogP contribution in [0.4, 0.5) is 0 Å². The standard InChI is InChI=1S/C11H21NO4/c1-2-3-4-5-8-16-10(13)7-6-9(12)11(14)15/h9H,2-8,12H2,1H3,(H,14,15)/t9-/m0/s1. The fourth-order valence-electron chi connectivity index (χ4n) is 1.18. The van der Waals surface area contributed by atoms with Crippen molar-refractivity contribution in [1.29, 1.82) is 0 Å². The van der Waals surface area contributed by atoms with E-state index >= 15 is 0 Å². The predicted octanol–water partition coefficient (Wildman–Crippen LogP) is 1.30. The van der Waals surface area contributed by atoms with Gasteiger partial charge in [0, 0.05) is 6.42 Å². The summed E-state index contributed by atoms with van der Waals surface area (Å²) in [5.74, 6) is -1.45. The third-order valence-electron chi connectivity index (χ3n) is 2.24. The van der Waals surface area contributed by atoms with Crippen LogP contribution in [0.5, 0.6) is 0 Å². The smallest absolute Gasteiger partial charge is 0.320 e. The van der Waals surface area contributed by atoms with Gasteiger partial charge >= 0.3 is 11.9 Å². The molecule has 0 heterocycles. The van der Waals surface area contributed by atoms with Crippen LogP contribution in [0.2, 0.25) is 0 Å². The molecule has 0 aromatic rings. The van der Waals surface area contributed by atoms with Crippen LogP contribution in [-0.2, 0) is 14.3 Å². The number of nitrogens with two attached hydrogens (primary N) is 1. The molecule has 0 spiro atoms. The van der Waals surface area contributed by atoms with E-state index in [0.717, 1.165) is 25.7 Å². The molecule has 0 aromatic carbocycles. The molecule has 0 saturated heterocycles. The minimum Gasteiger partial charge on any atom is -0.480 e. The average molecular weight is 231 g/mol. The second kappa shape index (κ2) is 9.15. The molecule has 5 heteroatoms. The molecule has 94 valence electrons. The van der Waals surface area contributed by atoms with Gasteiger partial charge in [0.25, 0.3) is 0 Å². The summed E-state index contributed by atoms with van der Waals surface area (Å²) in [5.41, 5.74) is 5.25. The van der Waals surface area contributed by atoms with Gasteiger partial charge in [-0.05, 0) is 12.8 Å². The predicted molar refractivity (Wildman–Crippen MR) is 59.9 cm³/mol. The highest BCUT2D eigenvalue weighted by molar-refractivity contribution is 5.75. The van der Waals surface area contributed by atoms with Crippen molar-refractivity contribution in [3.8, 4) is 0 Å². The van der Waals surface area contributed by atoms with E-state index < -0.39 is 12.0 Å². The second-order valence-corrected chi connectivity index (χ2v) is 3.76. The number of aliphatic carboxylic acids is 1. The van der Waals surface area contributed by atoms with E-state index in [-0.39, 0.29) is 18.8 Å². The van der Waals surface area contributed by atoms with Crippen LogP contribution < -0.4 is 5.73 Å². The second-order valence-electron chi connectivity index (χ2n) is 3.76. The Bertz CT molecular complexity index is 218. The number of esters is 1. The molecule has 0 bridgehead atoms. The summed E-state index contributed by atoms with van der Waals surface area (Å²) in [4.78, 5) is 21.5. The van der Waals surface area contributed by atoms with Gasteiger partial charge in [0.15, 0.2) is 0 Å². The van der Waals surface area contributed by atoms with Crippen molar-refractivity contribution < 1.29 is 19.4 Å². The number of hydrogen-bond donors (Lipinski definition) is 2. The van der Waals surface area contributed by atoms with Crippen molar-refractivity contribution in [2.24, 2.45) is 5.73 Å². The number of carboxylic acid groups (broad SMARTS) is 1. The largest absolute Gasteiger partial charge is 0.480 e. The number of unbranched alkanes of at least 4 members (excludes halogenated alkanes) is 3. The summed E-state index contributed by atoms with van der Waals surface area (Å²) >= 11 is 0. The van der Waals surface area contributed by atoms with Gasteiger partial charge in [-0.1, -0.05) is 26.2 Å². The van der Waals surface area contributed by atoms with Gasteiger partial charge in [-0.2, -0.15) is 0 Å². The molecule has 3 N–H and O–H groups in total. The number of carbonyl (C=O) groups is 2. The molecule has 0 rings (SSSR count). The lowest BCUT2D eigenvalue weighted by Gasteiger charge is -2.06. The number of hydrogen-bond acceptors (Lipinski definition) is 4. The monoisotopic (exact) mass is 231 g/mol. The van der Waals surface area contributed by atoms with Crippen LogP contribution in [0.15, 0.2) is 0 Å². The van der Waals surface area contributed by atoms with Crippen molar-refractivity contribution in [2.45, 2.75) is 51.5 Å². The molecule has 0 radical (unpaired) electrons. The average Bonchev–Trinajstić information content (AvgIpc) is 2.25. The first-order valence-corrected chi connectivity index (χ1v) is 5.72. The van der Waals surface area contributed by atoms with E-state index in [9.17, 15) is 9.59 Å². The Morgan fingerprint density at radius 3 is 2.56 bits per heavy atom. The summed E-state index contributed by atoms with van der Waals surface area (Å²) in [5, 5.41) is 8.49. The summed E-state index contributed by atoms with van der Waals surface area (Å²) in [7, 11) is 0. The van der Waals surface area contributed by atoms with E-state index in [4.69, 9.17) is 15.6 Å². The Morgan fingerprint density at radius 1 is 1.31 bits per heavy atom. The molecular weight excluding hydrogens is 210 g/mol. The Labute approximate surface area is 96.0 Å². The first kappa shape index (κ1) is 14.9. The number of ether oxygens (including phenoxy) is 1. The summed E-state index contributed by atoms with van der Waals surface area (Å²) in [6.45, 7) is 2.53. The molecule has 0 aliphatic rings. The SMILES string of the molecule is CCCCCCOC(=O)CC[C@H](N)C(=O)O. The Kier molecular flexibility index (Phi) is 8.52. The molecule has 16 heavy (non-hydrogen) atoms. The summed E-state index contributed by atoms with van der Waals surface area (Å²) in [6.07, 6.45) is 4.40. The van der Waals surface area contributed by atoms with E-state index in [1.165, 1.54) is 0 Å². The first-order chi connectivity index (χ1) is 7.57. The van der Waals surface area contributed by atoms with Crippen LogP contribution >= 0.6 is 0 Å². The van der Waals surface area contributed by atoms with Crippen molar-refractivity contribution in [1.82, 2.24) is 0 Å².